The summed E-state index contributed by atoms with van der Waals surface area (Å²) in [6, 6.07) is 7.69. The molecule has 1 aliphatic carbocycles. The third-order valence-corrected chi connectivity index (χ3v) is 3.73. The maximum absolute atomic E-state index is 5.96. The molecule has 3 N–H and O–H groups in total. The van der Waals surface area contributed by atoms with Crippen molar-refractivity contribution < 1.29 is 4.74 Å². The SMILES string of the molecule is COc1cccc(NC(N)=NCC2(CC(C)C)CC2)c1.I. The van der Waals surface area contributed by atoms with E-state index in [1.165, 1.54) is 19.3 Å². The molecule has 0 heterocycles. The zero-order valence-electron chi connectivity index (χ0n) is 13.1. The molecular weight excluding hydrogens is 377 g/mol. The normalized spacial score (nSPS) is 16.3. The molecule has 0 radical (unpaired) electrons. The van der Waals surface area contributed by atoms with Gasteiger partial charge in [-0.15, -0.1) is 24.0 Å². The molecule has 1 saturated carbocycles. The van der Waals surface area contributed by atoms with Crippen LogP contribution in [0.25, 0.3) is 0 Å². The summed E-state index contributed by atoms with van der Waals surface area (Å²) in [6.45, 7) is 5.36. The highest BCUT2D eigenvalue weighted by Gasteiger charge is 2.42. The average Bonchev–Trinajstić information content (AvgIpc) is 3.16. The summed E-state index contributed by atoms with van der Waals surface area (Å²) in [5, 5.41) is 3.12. The number of nitrogens with one attached hydrogen (secondary N) is 1. The Bertz CT molecular complexity index is 484. The minimum Gasteiger partial charge on any atom is -0.497 e. The predicted molar refractivity (Wildman–Crippen MR) is 99.6 cm³/mol. The lowest BCUT2D eigenvalue weighted by Crippen LogP contribution is -2.24. The lowest BCUT2D eigenvalue weighted by Gasteiger charge is -2.15. The number of guanidine groups is 1. The summed E-state index contributed by atoms with van der Waals surface area (Å²) in [5.74, 6) is 2.01. The summed E-state index contributed by atoms with van der Waals surface area (Å²) in [6.07, 6.45) is 3.80. The van der Waals surface area contributed by atoms with E-state index in [1.807, 2.05) is 24.3 Å². The van der Waals surface area contributed by atoms with Crippen LogP contribution in [0, 0.1) is 11.3 Å². The molecular formula is C16H26IN3O. The number of nitrogens with two attached hydrogens (primary N) is 1. The molecule has 4 nitrogen and oxygen atoms in total. The minimum atomic E-state index is 0. The number of ether oxygens (including phenoxy) is 1. The van der Waals surface area contributed by atoms with Crippen molar-refractivity contribution in [2.75, 3.05) is 19.0 Å². The molecule has 2 rings (SSSR count). The Labute approximate surface area is 144 Å². The Morgan fingerprint density at radius 3 is 2.71 bits per heavy atom. The van der Waals surface area contributed by atoms with Crippen molar-refractivity contribution in [2.45, 2.75) is 33.1 Å². The molecule has 0 aromatic heterocycles. The van der Waals surface area contributed by atoms with Gasteiger partial charge in [0.1, 0.15) is 5.75 Å². The van der Waals surface area contributed by atoms with E-state index in [4.69, 9.17) is 10.5 Å². The largest absolute Gasteiger partial charge is 0.497 e. The summed E-state index contributed by atoms with van der Waals surface area (Å²) < 4.78 is 5.18. The van der Waals surface area contributed by atoms with Gasteiger partial charge < -0.3 is 15.8 Å². The van der Waals surface area contributed by atoms with Gasteiger partial charge in [0.05, 0.1) is 7.11 Å². The van der Waals surface area contributed by atoms with Crippen molar-refractivity contribution in [1.82, 2.24) is 0 Å². The molecule has 118 valence electrons. The first-order chi connectivity index (χ1) is 9.53. The number of benzene rings is 1. The van der Waals surface area contributed by atoms with Gasteiger partial charge in [-0.25, -0.2) is 0 Å². The lowest BCUT2D eigenvalue weighted by atomic mass is 9.94. The highest BCUT2D eigenvalue weighted by Crippen LogP contribution is 2.50. The predicted octanol–water partition coefficient (Wildman–Crippen LogP) is 3.87. The summed E-state index contributed by atoms with van der Waals surface area (Å²) >= 11 is 0. The van der Waals surface area contributed by atoms with Crippen LogP contribution < -0.4 is 15.8 Å². The second-order valence-electron chi connectivity index (χ2n) is 6.16. The van der Waals surface area contributed by atoms with E-state index >= 15 is 0 Å². The first kappa shape index (κ1) is 18.1. The number of halogens is 1. The van der Waals surface area contributed by atoms with Crippen molar-refractivity contribution in [2.24, 2.45) is 22.1 Å². The van der Waals surface area contributed by atoms with Crippen LogP contribution in [0.2, 0.25) is 0 Å². The van der Waals surface area contributed by atoms with Crippen LogP contribution in [0.15, 0.2) is 29.3 Å². The van der Waals surface area contributed by atoms with Crippen LogP contribution in [-0.2, 0) is 0 Å². The Hall–Kier alpha value is -0.980. The minimum absolute atomic E-state index is 0. The molecule has 0 saturated heterocycles. The maximum atomic E-state index is 5.96. The molecule has 5 heteroatoms. The fourth-order valence-electron chi connectivity index (χ4n) is 2.61. The standard InChI is InChI=1S/C16H25N3O.HI/c1-12(2)10-16(7-8-16)11-18-15(17)19-13-5-4-6-14(9-13)20-3;/h4-6,9,12H,7-8,10-11H2,1-3H3,(H3,17,18,19);1H. The molecule has 0 amide bonds. The van der Waals surface area contributed by atoms with E-state index in [0.717, 1.165) is 23.9 Å². The summed E-state index contributed by atoms with van der Waals surface area (Å²) in [4.78, 5) is 4.50. The molecule has 1 aromatic carbocycles. The Balaban J connectivity index is 0.00000220. The number of nitrogens with zero attached hydrogens (tertiary/aromatic N) is 1. The average molecular weight is 403 g/mol. The zero-order valence-corrected chi connectivity index (χ0v) is 15.4. The van der Waals surface area contributed by atoms with Crippen LogP contribution in [0.4, 0.5) is 5.69 Å². The van der Waals surface area contributed by atoms with Gasteiger partial charge in [0.25, 0.3) is 0 Å². The summed E-state index contributed by atoms with van der Waals surface area (Å²) in [7, 11) is 1.65. The Kier molecular flexibility index (Phi) is 6.77. The highest BCUT2D eigenvalue weighted by molar-refractivity contribution is 14.0. The van der Waals surface area contributed by atoms with E-state index in [0.29, 0.717) is 11.4 Å². The second-order valence-corrected chi connectivity index (χ2v) is 6.16. The van der Waals surface area contributed by atoms with Gasteiger partial charge >= 0.3 is 0 Å². The van der Waals surface area contributed by atoms with E-state index in [-0.39, 0.29) is 24.0 Å². The van der Waals surface area contributed by atoms with E-state index in [9.17, 15) is 0 Å². The maximum Gasteiger partial charge on any atom is 0.193 e. The summed E-state index contributed by atoms with van der Waals surface area (Å²) in [5.41, 5.74) is 7.27. The second kappa shape index (κ2) is 7.87. The van der Waals surface area contributed by atoms with E-state index < -0.39 is 0 Å². The molecule has 1 aromatic rings. The van der Waals surface area contributed by atoms with Gasteiger partial charge in [-0.2, -0.15) is 0 Å². The fraction of sp³-hybridized carbons (Fsp3) is 0.562. The molecule has 1 fully saturated rings. The fourth-order valence-corrected chi connectivity index (χ4v) is 2.61. The quantitative estimate of drug-likeness (QED) is 0.431. The van der Waals surface area contributed by atoms with Crippen molar-refractivity contribution >= 4 is 35.6 Å². The molecule has 0 aliphatic heterocycles. The third-order valence-electron chi connectivity index (χ3n) is 3.73. The zero-order chi connectivity index (χ0) is 14.6. The Morgan fingerprint density at radius 2 is 2.14 bits per heavy atom. The van der Waals surface area contributed by atoms with E-state index in [1.54, 1.807) is 7.11 Å². The van der Waals surface area contributed by atoms with Crippen molar-refractivity contribution in [1.29, 1.82) is 0 Å². The first-order valence-corrected chi connectivity index (χ1v) is 7.24. The lowest BCUT2D eigenvalue weighted by molar-refractivity contribution is 0.399. The van der Waals surface area contributed by atoms with E-state index in [2.05, 4.69) is 24.2 Å². The van der Waals surface area contributed by atoms with Crippen molar-refractivity contribution in [3.8, 4) is 5.75 Å². The van der Waals surface area contributed by atoms with Crippen LogP contribution in [0.1, 0.15) is 33.1 Å². The van der Waals surface area contributed by atoms with Gasteiger partial charge in [0.15, 0.2) is 5.96 Å². The monoisotopic (exact) mass is 403 g/mol. The molecule has 0 unspecified atom stereocenters. The van der Waals surface area contributed by atoms with Crippen LogP contribution in [-0.4, -0.2) is 19.6 Å². The van der Waals surface area contributed by atoms with Gasteiger partial charge in [0.2, 0.25) is 0 Å². The highest BCUT2D eigenvalue weighted by atomic mass is 127. The number of anilines is 1. The number of hydrogen-bond acceptors (Lipinski definition) is 2. The van der Waals surface area contributed by atoms with Gasteiger partial charge in [-0.1, -0.05) is 19.9 Å². The molecule has 0 bridgehead atoms. The topological polar surface area (TPSA) is 59.6 Å². The van der Waals surface area contributed by atoms with Crippen molar-refractivity contribution in [3.05, 3.63) is 24.3 Å². The van der Waals surface area contributed by atoms with Gasteiger partial charge in [-0.3, -0.25) is 4.99 Å². The Morgan fingerprint density at radius 1 is 1.43 bits per heavy atom. The number of hydrogen-bond donors (Lipinski definition) is 2. The van der Waals surface area contributed by atoms with Crippen LogP contribution >= 0.6 is 24.0 Å². The number of rotatable bonds is 6. The molecule has 1 aliphatic rings. The third kappa shape index (κ3) is 5.73. The van der Waals surface area contributed by atoms with Gasteiger partial charge in [0, 0.05) is 18.3 Å². The molecule has 0 spiro atoms. The van der Waals surface area contributed by atoms with Crippen LogP contribution in [0.5, 0.6) is 5.75 Å². The molecule has 21 heavy (non-hydrogen) atoms. The van der Waals surface area contributed by atoms with Crippen molar-refractivity contribution in [3.63, 3.8) is 0 Å². The number of methoxy groups -OCH3 is 1. The smallest absolute Gasteiger partial charge is 0.193 e. The van der Waals surface area contributed by atoms with Gasteiger partial charge in [-0.05, 0) is 42.7 Å². The first-order valence-electron chi connectivity index (χ1n) is 7.24. The van der Waals surface area contributed by atoms with Crippen LogP contribution in [0.3, 0.4) is 0 Å². The molecule has 0 atom stereocenters. The number of aliphatic imine (C=N–C) groups is 1.